The van der Waals surface area contributed by atoms with Crippen LogP contribution in [0, 0.1) is 0 Å². The molecule has 0 saturated heterocycles. The lowest BCUT2D eigenvalue weighted by atomic mass is 9.96. The van der Waals surface area contributed by atoms with Crippen molar-refractivity contribution in [1.82, 2.24) is 0 Å². The molecule has 45 heavy (non-hydrogen) atoms. The Bertz CT molecular complexity index is 2530. The maximum absolute atomic E-state index is 2.39. The predicted molar refractivity (Wildman–Crippen MR) is 194 cm³/mol. The van der Waals surface area contributed by atoms with Crippen molar-refractivity contribution in [2.45, 2.75) is 0 Å². The number of rotatable bonds is 4. The lowest BCUT2D eigenvalue weighted by molar-refractivity contribution is 1.29. The van der Waals surface area contributed by atoms with Gasteiger partial charge in [-0.25, -0.2) is 0 Å². The molecule has 0 aliphatic heterocycles. The fraction of sp³-hybridized carbons (Fsp3) is 0. The summed E-state index contributed by atoms with van der Waals surface area (Å²) in [4.78, 5) is 2.39. The molecule has 9 aromatic rings. The number of nitrogens with zero attached hydrogens (tertiary/aromatic N) is 1. The summed E-state index contributed by atoms with van der Waals surface area (Å²) in [6.45, 7) is 0. The van der Waals surface area contributed by atoms with Gasteiger partial charge in [0.1, 0.15) is 0 Å². The van der Waals surface area contributed by atoms with E-state index in [0.29, 0.717) is 0 Å². The van der Waals surface area contributed by atoms with Crippen LogP contribution in [0.3, 0.4) is 0 Å². The highest BCUT2D eigenvalue weighted by Crippen LogP contribution is 2.41. The van der Waals surface area contributed by atoms with Gasteiger partial charge < -0.3 is 4.90 Å². The van der Waals surface area contributed by atoms with Gasteiger partial charge in [0.05, 0.1) is 0 Å². The normalized spacial score (nSPS) is 11.6. The Morgan fingerprint density at radius 3 is 1.42 bits per heavy atom. The molecule has 0 atom stereocenters. The maximum Gasteiger partial charge on any atom is 0.0468 e. The van der Waals surface area contributed by atoms with Gasteiger partial charge in [-0.1, -0.05) is 140 Å². The molecule has 9 aromatic carbocycles. The molecule has 0 N–H and O–H groups in total. The van der Waals surface area contributed by atoms with Crippen molar-refractivity contribution >= 4 is 70.9 Å². The Hall–Kier alpha value is -5.92. The van der Waals surface area contributed by atoms with Crippen LogP contribution in [0.25, 0.3) is 65.0 Å². The van der Waals surface area contributed by atoms with Crippen LogP contribution in [-0.4, -0.2) is 0 Å². The molecular weight excluding hydrogens is 542 g/mol. The second-order valence-electron chi connectivity index (χ2n) is 11.8. The lowest BCUT2D eigenvalue weighted by Gasteiger charge is -2.27. The average molecular weight is 572 g/mol. The Morgan fingerprint density at radius 2 is 0.689 bits per heavy atom. The van der Waals surface area contributed by atoms with Crippen molar-refractivity contribution < 1.29 is 0 Å². The molecule has 1 heteroatoms. The first-order valence-electron chi connectivity index (χ1n) is 15.5. The summed E-state index contributed by atoms with van der Waals surface area (Å²) < 4.78 is 0. The molecule has 1 nitrogen and oxygen atoms in total. The second-order valence-corrected chi connectivity index (χ2v) is 11.8. The SMILES string of the molecule is c1ccc(-c2ccc(N(c3ccc4c(ccc5c6ccccc6ccc45)c3)c3ccc4ccc5ccccc5c4c3)cc2)cc1. The molecule has 0 amide bonds. The molecule has 0 saturated carbocycles. The van der Waals surface area contributed by atoms with E-state index in [1.54, 1.807) is 0 Å². The van der Waals surface area contributed by atoms with Gasteiger partial charge in [-0.3, -0.25) is 0 Å². The fourth-order valence-corrected chi connectivity index (χ4v) is 6.97. The Morgan fingerprint density at radius 1 is 0.244 bits per heavy atom. The van der Waals surface area contributed by atoms with Crippen molar-refractivity contribution in [3.63, 3.8) is 0 Å². The molecule has 9 rings (SSSR count). The van der Waals surface area contributed by atoms with Crippen LogP contribution < -0.4 is 4.90 Å². The highest BCUT2D eigenvalue weighted by molar-refractivity contribution is 6.17. The van der Waals surface area contributed by atoms with E-state index in [9.17, 15) is 0 Å². The van der Waals surface area contributed by atoms with Crippen LogP contribution >= 0.6 is 0 Å². The summed E-state index contributed by atoms with van der Waals surface area (Å²) in [6, 6.07) is 64.1. The zero-order chi connectivity index (χ0) is 29.7. The summed E-state index contributed by atoms with van der Waals surface area (Å²) >= 11 is 0. The minimum Gasteiger partial charge on any atom is -0.310 e. The largest absolute Gasteiger partial charge is 0.310 e. The predicted octanol–water partition coefficient (Wildman–Crippen LogP) is 12.6. The van der Waals surface area contributed by atoms with Crippen LogP contribution in [0.15, 0.2) is 176 Å². The zero-order valence-electron chi connectivity index (χ0n) is 24.7. The first kappa shape index (κ1) is 25.6. The van der Waals surface area contributed by atoms with Crippen LogP contribution in [0.1, 0.15) is 0 Å². The molecule has 210 valence electrons. The third-order valence-electron chi connectivity index (χ3n) is 9.20. The van der Waals surface area contributed by atoms with E-state index in [4.69, 9.17) is 0 Å². The average Bonchev–Trinajstić information content (AvgIpc) is 3.12. The van der Waals surface area contributed by atoms with E-state index in [-0.39, 0.29) is 0 Å². The number of hydrogen-bond acceptors (Lipinski definition) is 1. The molecule has 0 fully saturated rings. The third-order valence-corrected chi connectivity index (χ3v) is 9.20. The van der Waals surface area contributed by atoms with Crippen molar-refractivity contribution in [2.75, 3.05) is 4.90 Å². The van der Waals surface area contributed by atoms with Crippen LogP contribution in [0.2, 0.25) is 0 Å². The highest BCUT2D eigenvalue weighted by Gasteiger charge is 2.16. The van der Waals surface area contributed by atoms with E-state index in [1.807, 2.05) is 0 Å². The van der Waals surface area contributed by atoms with Gasteiger partial charge in [0.15, 0.2) is 0 Å². The number of anilines is 3. The molecule has 0 spiro atoms. The second kappa shape index (κ2) is 10.4. The van der Waals surface area contributed by atoms with E-state index >= 15 is 0 Å². The van der Waals surface area contributed by atoms with Gasteiger partial charge in [0, 0.05) is 17.1 Å². The zero-order valence-corrected chi connectivity index (χ0v) is 24.7. The summed E-state index contributed by atoms with van der Waals surface area (Å²) in [5.74, 6) is 0. The van der Waals surface area contributed by atoms with Crippen molar-refractivity contribution in [1.29, 1.82) is 0 Å². The third kappa shape index (κ3) is 4.32. The fourth-order valence-electron chi connectivity index (χ4n) is 6.97. The smallest absolute Gasteiger partial charge is 0.0468 e. The van der Waals surface area contributed by atoms with Crippen molar-refractivity contribution in [2.24, 2.45) is 0 Å². The van der Waals surface area contributed by atoms with Gasteiger partial charge >= 0.3 is 0 Å². The molecule has 0 radical (unpaired) electrons. The Kier molecular flexibility index (Phi) is 5.89. The van der Waals surface area contributed by atoms with Gasteiger partial charge in [0.25, 0.3) is 0 Å². The summed E-state index contributed by atoms with van der Waals surface area (Å²) in [5, 5.41) is 12.7. The summed E-state index contributed by atoms with van der Waals surface area (Å²) in [5.41, 5.74) is 5.83. The van der Waals surface area contributed by atoms with Crippen LogP contribution in [-0.2, 0) is 0 Å². The van der Waals surface area contributed by atoms with Gasteiger partial charge in [-0.05, 0) is 101 Å². The number of benzene rings is 9. The minimum atomic E-state index is 1.13. The molecule has 0 aliphatic rings. The van der Waals surface area contributed by atoms with Crippen molar-refractivity contribution in [3.05, 3.63) is 176 Å². The van der Waals surface area contributed by atoms with E-state index in [0.717, 1.165) is 17.1 Å². The Balaban J connectivity index is 1.24. The molecule has 0 aromatic heterocycles. The maximum atomic E-state index is 2.39. The standard InChI is InChI=1S/C44H29N/c1-2-8-30(9-3-1)31-16-21-36(22-17-31)45(38-23-18-34-15-14-32-10-5-7-13-40(32)44(34)29-38)37-24-27-41-35(28-37)20-26-42-39-12-6-4-11-33(39)19-25-43(41)42/h1-29H. The van der Waals surface area contributed by atoms with E-state index in [2.05, 4.69) is 181 Å². The van der Waals surface area contributed by atoms with Gasteiger partial charge in [-0.15, -0.1) is 0 Å². The van der Waals surface area contributed by atoms with E-state index in [1.165, 1.54) is 65.0 Å². The van der Waals surface area contributed by atoms with Gasteiger partial charge in [0.2, 0.25) is 0 Å². The molecule has 0 heterocycles. The quantitative estimate of drug-likeness (QED) is 0.190. The minimum absolute atomic E-state index is 1.13. The summed E-state index contributed by atoms with van der Waals surface area (Å²) in [6.07, 6.45) is 0. The molecule has 0 unspecified atom stereocenters. The number of fused-ring (bicyclic) bond motifs is 8. The first-order valence-corrected chi connectivity index (χ1v) is 15.5. The lowest BCUT2D eigenvalue weighted by Crippen LogP contribution is -2.10. The molecule has 0 aliphatic carbocycles. The van der Waals surface area contributed by atoms with E-state index < -0.39 is 0 Å². The summed E-state index contributed by atoms with van der Waals surface area (Å²) in [7, 11) is 0. The topological polar surface area (TPSA) is 3.24 Å². The molecular formula is C44H29N. The van der Waals surface area contributed by atoms with Crippen LogP contribution in [0.4, 0.5) is 17.1 Å². The first-order chi connectivity index (χ1) is 22.3. The Labute approximate surface area is 262 Å². The highest BCUT2D eigenvalue weighted by atomic mass is 15.1. The van der Waals surface area contributed by atoms with Gasteiger partial charge in [-0.2, -0.15) is 0 Å². The van der Waals surface area contributed by atoms with Crippen molar-refractivity contribution in [3.8, 4) is 11.1 Å². The monoisotopic (exact) mass is 571 g/mol. The number of hydrogen-bond donors (Lipinski definition) is 0. The van der Waals surface area contributed by atoms with Crippen LogP contribution in [0.5, 0.6) is 0 Å². The molecule has 0 bridgehead atoms.